The van der Waals surface area contributed by atoms with E-state index in [2.05, 4.69) is 16.0 Å². The fourth-order valence-electron chi connectivity index (χ4n) is 6.38. The number of aromatic nitrogens is 3. The summed E-state index contributed by atoms with van der Waals surface area (Å²) >= 11 is 0. The number of benzene rings is 1. The highest BCUT2D eigenvalue weighted by atomic mass is 19.1. The largest absolute Gasteiger partial charge is 0.367 e. The van der Waals surface area contributed by atoms with E-state index in [9.17, 15) is 22.8 Å². The van der Waals surface area contributed by atoms with Crippen LogP contribution in [0.1, 0.15) is 55.1 Å². The highest BCUT2D eigenvalue weighted by Gasteiger charge is 2.34. The summed E-state index contributed by atoms with van der Waals surface area (Å²) in [7, 11) is 0. The SMILES string of the molecule is O=C(C1CCN(Cc2cc[nH]c2)CC1)N1CCC(n2c3c(n(-c4cc(F)cc(F)c4)c2=O)C=C(F)CC3)CC1. The van der Waals surface area contributed by atoms with E-state index in [4.69, 9.17) is 0 Å². The van der Waals surface area contributed by atoms with Crippen molar-refractivity contribution in [1.29, 1.82) is 0 Å². The Morgan fingerprint density at radius 1 is 0.949 bits per heavy atom. The molecule has 3 aromatic rings. The Bertz CT molecular complexity index is 1420. The van der Waals surface area contributed by atoms with Crippen molar-refractivity contribution in [3.05, 3.63) is 81.6 Å². The van der Waals surface area contributed by atoms with E-state index >= 15 is 0 Å². The lowest BCUT2D eigenvalue weighted by Gasteiger charge is -2.37. The highest BCUT2D eigenvalue weighted by Crippen LogP contribution is 2.32. The van der Waals surface area contributed by atoms with Crippen molar-refractivity contribution in [3.63, 3.8) is 0 Å². The molecule has 4 heterocycles. The number of hydrogen-bond donors (Lipinski definition) is 1. The minimum Gasteiger partial charge on any atom is -0.367 e. The third-order valence-corrected chi connectivity index (χ3v) is 8.37. The number of aromatic amines is 1. The van der Waals surface area contributed by atoms with E-state index in [1.165, 1.54) is 16.2 Å². The second kappa shape index (κ2) is 10.6. The van der Waals surface area contributed by atoms with E-state index in [0.29, 0.717) is 43.7 Å². The van der Waals surface area contributed by atoms with Gasteiger partial charge in [0.15, 0.2) is 0 Å². The molecule has 0 atom stereocenters. The molecule has 0 bridgehead atoms. The minimum atomic E-state index is -0.805. The van der Waals surface area contributed by atoms with Crippen molar-refractivity contribution in [2.75, 3.05) is 26.2 Å². The Morgan fingerprint density at radius 2 is 1.67 bits per heavy atom. The third kappa shape index (κ3) is 5.09. The van der Waals surface area contributed by atoms with Gasteiger partial charge in [-0.2, -0.15) is 0 Å². The summed E-state index contributed by atoms with van der Waals surface area (Å²) in [5.41, 5.74) is 1.85. The van der Waals surface area contributed by atoms with Crippen LogP contribution in [0, 0.1) is 17.6 Å². The summed E-state index contributed by atoms with van der Waals surface area (Å²) in [6.07, 6.45) is 8.58. The first-order chi connectivity index (χ1) is 18.9. The van der Waals surface area contributed by atoms with E-state index < -0.39 is 17.3 Å². The van der Waals surface area contributed by atoms with Gasteiger partial charge in [0.1, 0.15) is 17.5 Å². The predicted molar refractivity (Wildman–Crippen MR) is 141 cm³/mol. The number of halogens is 3. The second-order valence-corrected chi connectivity index (χ2v) is 10.9. The smallest absolute Gasteiger partial charge is 0.333 e. The number of nitrogens with one attached hydrogen (secondary N) is 1. The molecule has 6 rings (SSSR count). The van der Waals surface area contributed by atoms with Gasteiger partial charge in [-0.3, -0.25) is 18.8 Å². The Labute approximate surface area is 224 Å². The molecule has 7 nitrogen and oxygen atoms in total. The third-order valence-electron chi connectivity index (χ3n) is 8.37. The molecule has 2 saturated heterocycles. The lowest BCUT2D eigenvalue weighted by molar-refractivity contribution is -0.138. The number of amides is 1. The van der Waals surface area contributed by atoms with E-state index in [-0.39, 0.29) is 35.8 Å². The molecule has 206 valence electrons. The van der Waals surface area contributed by atoms with Crippen LogP contribution >= 0.6 is 0 Å². The first-order valence-corrected chi connectivity index (χ1v) is 13.7. The first kappa shape index (κ1) is 25.7. The van der Waals surface area contributed by atoms with Crippen LogP contribution < -0.4 is 5.69 Å². The molecule has 2 fully saturated rings. The number of imidazole rings is 1. The molecule has 2 aliphatic heterocycles. The van der Waals surface area contributed by atoms with E-state index in [1.54, 1.807) is 4.57 Å². The molecule has 0 radical (unpaired) electrons. The fourth-order valence-corrected chi connectivity index (χ4v) is 6.38. The summed E-state index contributed by atoms with van der Waals surface area (Å²) in [5.74, 6) is -1.79. The van der Waals surface area contributed by atoms with Crippen molar-refractivity contribution in [3.8, 4) is 5.69 Å². The molecular formula is C29H32F3N5O2. The molecule has 3 aliphatic rings. The van der Waals surface area contributed by atoms with Crippen molar-refractivity contribution >= 4 is 12.0 Å². The molecule has 1 amide bonds. The van der Waals surface area contributed by atoms with Crippen LogP contribution in [0.4, 0.5) is 13.2 Å². The Morgan fingerprint density at radius 3 is 2.33 bits per heavy atom. The van der Waals surface area contributed by atoms with Crippen LogP contribution in [0.25, 0.3) is 11.8 Å². The maximum Gasteiger partial charge on any atom is 0.333 e. The number of fused-ring (bicyclic) bond motifs is 1. The molecule has 39 heavy (non-hydrogen) atoms. The molecule has 0 spiro atoms. The zero-order valence-corrected chi connectivity index (χ0v) is 21.7. The summed E-state index contributed by atoms with van der Waals surface area (Å²) in [4.78, 5) is 34.3. The van der Waals surface area contributed by atoms with Crippen LogP contribution in [-0.2, 0) is 17.8 Å². The van der Waals surface area contributed by atoms with E-state index in [1.807, 2.05) is 17.3 Å². The number of H-pyrrole nitrogens is 1. The molecule has 10 heteroatoms. The minimum absolute atomic E-state index is 0.0107. The van der Waals surface area contributed by atoms with Gasteiger partial charge in [0.2, 0.25) is 5.91 Å². The molecular weight excluding hydrogens is 507 g/mol. The Balaban J connectivity index is 1.16. The van der Waals surface area contributed by atoms with Crippen molar-refractivity contribution in [2.45, 2.75) is 51.1 Å². The summed E-state index contributed by atoms with van der Waals surface area (Å²) in [6.45, 7) is 3.74. The summed E-state index contributed by atoms with van der Waals surface area (Å²) in [5, 5.41) is 0. The van der Waals surface area contributed by atoms with Crippen LogP contribution in [-0.4, -0.2) is 56.0 Å². The van der Waals surface area contributed by atoms with Crippen molar-refractivity contribution in [2.24, 2.45) is 5.92 Å². The van der Waals surface area contributed by atoms with Crippen LogP contribution in [0.5, 0.6) is 0 Å². The van der Waals surface area contributed by atoms with Gasteiger partial charge in [-0.25, -0.2) is 18.0 Å². The number of piperidine rings is 2. The average Bonchev–Trinajstić information content (AvgIpc) is 3.53. The van der Waals surface area contributed by atoms with Gasteiger partial charge in [0.25, 0.3) is 0 Å². The fraction of sp³-hybridized carbons (Fsp3) is 0.448. The number of likely N-dealkylation sites (tertiary alicyclic amines) is 2. The molecule has 1 aromatic carbocycles. The van der Waals surface area contributed by atoms with Gasteiger partial charge in [0, 0.05) is 62.2 Å². The quantitative estimate of drug-likeness (QED) is 0.517. The maximum atomic E-state index is 14.3. The standard InChI is InChI=1S/C29H32F3N5O2/c30-21-1-2-26-27(16-21)37(25-14-22(31)13-23(32)15-25)29(39)36(26)24-6-11-35(12-7-24)28(38)20-4-9-34(10-5-20)18-19-3-8-33-17-19/h3,8,13-17,20,24,33H,1-2,4-7,9-12,18H2. The van der Waals surface area contributed by atoms with Crippen LogP contribution in [0.3, 0.4) is 0 Å². The molecule has 2 aromatic heterocycles. The van der Waals surface area contributed by atoms with Gasteiger partial charge >= 0.3 is 5.69 Å². The lowest BCUT2D eigenvalue weighted by Crippen LogP contribution is -2.46. The molecule has 1 aliphatic carbocycles. The number of carbonyl (C=O) groups excluding carboxylic acids is 1. The molecule has 1 N–H and O–H groups in total. The van der Waals surface area contributed by atoms with Crippen molar-refractivity contribution in [1.82, 2.24) is 23.9 Å². The summed E-state index contributed by atoms with van der Waals surface area (Å²) in [6, 6.07) is 4.81. The first-order valence-electron chi connectivity index (χ1n) is 13.7. The number of allylic oxidation sites excluding steroid dienone is 1. The van der Waals surface area contributed by atoms with Gasteiger partial charge < -0.3 is 9.88 Å². The average molecular weight is 540 g/mol. The van der Waals surface area contributed by atoms with Gasteiger partial charge in [-0.15, -0.1) is 0 Å². The number of rotatable bonds is 5. The molecule has 0 saturated carbocycles. The van der Waals surface area contributed by atoms with Gasteiger partial charge in [-0.05, 0) is 75.0 Å². The van der Waals surface area contributed by atoms with E-state index in [0.717, 1.165) is 50.7 Å². The zero-order chi connectivity index (χ0) is 27.1. The number of carbonyl (C=O) groups is 1. The summed E-state index contributed by atoms with van der Waals surface area (Å²) < 4.78 is 45.2. The van der Waals surface area contributed by atoms with Crippen molar-refractivity contribution < 1.29 is 18.0 Å². The highest BCUT2D eigenvalue weighted by molar-refractivity contribution is 5.79. The normalized spacial score (nSPS) is 19.3. The van der Waals surface area contributed by atoms with Gasteiger partial charge in [0.05, 0.1) is 11.4 Å². The Hall–Kier alpha value is -3.53. The van der Waals surface area contributed by atoms with Crippen LogP contribution in [0.2, 0.25) is 0 Å². The zero-order valence-electron chi connectivity index (χ0n) is 21.7. The number of hydrogen-bond acceptors (Lipinski definition) is 3. The maximum absolute atomic E-state index is 14.3. The lowest BCUT2D eigenvalue weighted by atomic mass is 9.93. The van der Waals surface area contributed by atoms with Gasteiger partial charge in [-0.1, -0.05) is 0 Å². The monoisotopic (exact) mass is 539 g/mol. The van der Waals surface area contributed by atoms with Crippen LogP contribution in [0.15, 0.2) is 47.3 Å². The predicted octanol–water partition coefficient (Wildman–Crippen LogP) is 4.58. The number of nitrogens with zero attached hydrogens (tertiary/aromatic N) is 4. The topological polar surface area (TPSA) is 66.3 Å². The molecule has 0 unspecified atom stereocenters. The second-order valence-electron chi connectivity index (χ2n) is 10.9. The Kier molecular flexibility index (Phi) is 6.97.